The van der Waals surface area contributed by atoms with Crippen LogP contribution in [0.4, 0.5) is 0 Å². The van der Waals surface area contributed by atoms with Crippen LogP contribution in [0, 0.1) is 13.8 Å². The van der Waals surface area contributed by atoms with Gasteiger partial charge in [-0.05, 0) is 30.5 Å². The number of hydrogen-bond acceptors (Lipinski definition) is 2. The average Bonchev–Trinajstić information content (AvgIpc) is 2.35. The average molecular weight is 257 g/mol. The fourth-order valence-corrected chi connectivity index (χ4v) is 2.07. The number of aryl methyl sites for hydroxylation is 2. The van der Waals surface area contributed by atoms with Crippen molar-refractivity contribution in [2.24, 2.45) is 0 Å². The molecule has 0 bridgehead atoms. The molecule has 0 saturated carbocycles. The van der Waals surface area contributed by atoms with Gasteiger partial charge in [-0.1, -0.05) is 18.2 Å². The first-order valence-corrected chi connectivity index (χ1v) is 5.97. The number of benzene rings is 1. The van der Waals surface area contributed by atoms with Crippen LogP contribution in [0.25, 0.3) is 0 Å². The van der Waals surface area contributed by atoms with Crippen LogP contribution >= 0.6 is 0 Å². The lowest BCUT2D eigenvalue weighted by Gasteiger charge is -2.12. The lowest BCUT2D eigenvalue weighted by Crippen LogP contribution is -2.17. The van der Waals surface area contributed by atoms with Crippen LogP contribution in [0.5, 0.6) is 0 Å². The molecular weight excluding hydrogens is 242 g/mol. The summed E-state index contributed by atoms with van der Waals surface area (Å²) in [5, 5.41) is 8.95. The highest BCUT2D eigenvalue weighted by Gasteiger charge is 2.09. The van der Waals surface area contributed by atoms with Crippen LogP contribution in [0.3, 0.4) is 0 Å². The Morgan fingerprint density at radius 2 is 1.84 bits per heavy atom. The van der Waals surface area contributed by atoms with Gasteiger partial charge in [-0.15, -0.1) is 0 Å². The van der Waals surface area contributed by atoms with E-state index in [-0.39, 0.29) is 5.56 Å². The Labute approximate surface area is 110 Å². The molecule has 2 rings (SSSR count). The van der Waals surface area contributed by atoms with E-state index in [1.54, 1.807) is 10.8 Å². The van der Waals surface area contributed by atoms with Crippen molar-refractivity contribution in [3.63, 3.8) is 0 Å². The minimum atomic E-state index is -1.19. The van der Waals surface area contributed by atoms with E-state index in [1.807, 2.05) is 32.0 Å². The van der Waals surface area contributed by atoms with Gasteiger partial charge in [0.05, 0.1) is 0 Å². The SMILES string of the molecule is Cc1cccc(C)c1Cn1ccc(=O)c(C(=O)O)c1. The molecule has 1 N–H and O–H groups in total. The maximum Gasteiger partial charge on any atom is 0.341 e. The van der Waals surface area contributed by atoms with Crippen LogP contribution in [-0.2, 0) is 6.54 Å². The summed E-state index contributed by atoms with van der Waals surface area (Å²) in [5.74, 6) is -1.19. The summed E-state index contributed by atoms with van der Waals surface area (Å²) in [6, 6.07) is 7.31. The van der Waals surface area contributed by atoms with E-state index in [9.17, 15) is 9.59 Å². The van der Waals surface area contributed by atoms with Crippen LogP contribution < -0.4 is 5.43 Å². The molecule has 0 aliphatic heterocycles. The molecule has 19 heavy (non-hydrogen) atoms. The molecular formula is C15H15NO3. The summed E-state index contributed by atoms with van der Waals surface area (Å²) in [6.07, 6.45) is 3.00. The van der Waals surface area contributed by atoms with Crippen molar-refractivity contribution in [1.29, 1.82) is 0 Å². The largest absolute Gasteiger partial charge is 0.477 e. The van der Waals surface area contributed by atoms with Crippen LogP contribution in [0.1, 0.15) is 27.0 Å². The number of pyridine rings is 1. The first kappa shape index (κ1) is 13.1. The first-order chi connectivity index (χ1) is 8.99. The third-order valence-electron chi connectivity index (χ3n) is 3.19. The van der Waals surface area contributed by atoms with Gasteiger partial charge < -0.3 is 9.67 Å². The van der Waals surface area contributed by atoms with Crippen LogP contribution in [0.2, 0.25) is 0 Å². The van der Waals surface area contributed by atoms with Crippen molar-refractivity contribution in [3.8, 4) is 0 Å². The molecule has 98 valence electrons. The number of carboxylic acids is 1. The molecule has 0 spiro atoms. The maximum atomic E-state index is 11.4. The quantitative estimate of drug-likeness (QED) is 0.917. The zero-order valence-electron chi connectivity index (χ0n) is 10.9. The van der Waals surface area contributed by atoms with Crippen molar-refractivity contribution >= 4 is 5.97 Å². The summed E-state index contributed by atoms with van der Waals surface area (Å²) >= 11 is 0. The zero-order valence-corrected chi connectivity index (χ0v) is 10.9. The van der Waals surface area contributed by atoms with Gasteiger partial charge in [0.2, 0.25) is 0 Å². The maximum absolute atomic E-state index is 11.4. The molecule has 0 atom stereocenters. The topological polar surface area (TPSA) is 59.3 Å². The van der Waals surface area contributed by atoms with Crippen LogP contribution in [-0.4, -0.2) is 15.6 Å². The van der Waals surface area contributed by atoms with E-state index in [2.05, 4.69) is 0 Å². The predicted octanol–water partition coefficient (Wildman–Crippen LogP) is 2.21. The van der Waals surface area contributed by atoms with Crippen molar-refractivity contribution in [2.45, 2.75) is 20.4 Å². The monoisotopic (exact) mass is 257 g/mol. The second-order valence-corrected chi connectivity index (χ2v) is 4.57. The molecule has 0 fully saturated rings. The van der Waals surface area contributed by atoms with Gasteiger partial charge in [-0.3, -0.25) is 4.79 Å². The Balaban J connectivity index is 2.42. The Morgan fingerprint density at radius 3 is 2.42 bits per heavy atom. The standard InChI is InChI=1S/C15H15NO3/c1-10-4-3-5-11(2)12(10)8-16-7-6-14(17)13(9-16)15(18)19/h3-7,9H,8H2,1-2H3,(H,18,19). The summed E-state index contributed by atoms with van der Waals surface area (Å²) in [4.78, 5) is 22.4. The molecule has 0 radical (unpaired) electrons. The molecule has 0 saturated heterocycles. The molecule has 0 amide bonds. The van der Waals surface area contributed by atoms with E-state index in [0.717, 1.165) is 16.7 Å². The number of aromatic carboxylic acids is 1. The molecule has 2 aromatic rings. The third-order valence-corrected chi connectivity index (χ3v) is 3.19. The van der Waals surface area contributed by atoms with Gasteiger partial charge in [-0.2, -0.15) is 0 Å². The number of hydrogen-bond donors (Lipinski definition) is 1. The molecule has 1 aromatic heterocycles. The summed E-state index contributed by atoms with van der Waals surface area (Å²) in [6.45, 7) is 4.59. The lowest BCUT2D eigenvalue weighted by molar-refractivity contribution is 0.0694. The van der Waals surface area contributed by atoms with E-state index in [4.69, 9.17) is 5.11 Å². The normalized spacial score (nSPS) is 10.4. The number of carbonyl (C=O) groups is 1. The smallest absolute Gasteiger partial charge is 0.341 e. The van der Waals surface area contributed by atoms with Gasteiger partial charge in [0.15, 0.2) is 5.43 Å². The third kappa shape index (κ3) is 2.73. The van der Waals surface area contributed by atoms with E-state index in [1.165, 1.54) is 12.3 Å². The van der Waals surface area contributed by atoms with Gasteiger partial charge >= 0.3 is 5.97 Å². The zero-order chi connectivity index (χ0) is 14.0. The molecule has 1 heterocycles. The minimum absolute atomic E-state index is 0.200. The Kier molecular flexibility index (Phi) is 3.51. The Hall–Kier alpha value is -2.36. The number of nitrogens with zero attached hydrogens (tertiary/aromatic N) is 1. The van der Waals surface area contributed by atoms with Crippen molar-refractivity contribution in [2.75, 3.05) is 0 Å². The number of carboxylic acid groups (broad SMARTS) is 1. The summed E-state index contributed by atoms with van der Waals surface area (Å²) < 4.78 is 1.72. The van der Waals surface area contributed by atoms with Gasteiger partial charge in [0, 0.05) is 25.0 Å². The molecule has 0 aliphatic rings. The van der Waals surface area contributed by atoms with E-state index >= 15 is 0 Å². The molecule has 0 aliphatic carbocycles. The van der Waals surface area contributed by atoms with E-state index in [0.29, 0.717) is 6.54 Å². The summed E-state index contributed by atoms with van der Waals surface area (Å²) in [5.41, 5.74) is 2.77. The molecule has 4 nitrogen and oxygen atoms in total. The lowest BCUT2D eigenvalue weighted by atomic mass is 10.0. The number of rotatable bonds is 3. The van der Waals surface area contributed by atoms with E-state index < -0.39 is 11.4 Å². The molecule has 4 heteroatoms. The minimum Gasteiger partial charge on any atom is -0.477 e. The number of aromatic nitrogens is 1. The highest BCUT2D eigenvalue weighted by molar-refractivity contribution is 5.86. The van der Waals surface area contributed by atoms with Gasteiger partial charge in [-0.25, -0.2) is 4.79 Å². The fraction of sp³-hybridized carbons (Fsp3) is 0.200. The second-order valence-electron chi connectivity index (χ2n) is 4.57. The second kappa shape index (κ2) is 5.10. The van der Waals surface area contributed by atoms with Crippen molar-refractivity contribution < 1.29 is 9.90 Å². The van der Waals surface area contributed by atoms with Crippen molar-refractivity contribution in [1.82, 2.24) is 4.57 Å². The highest BCUT2D eigenvalue weighted by Crippen LogP contribution is 2.14. The van der Waals surface area contributed by atoms with Crippen molar-refractivity contribution in [3.05, 3.63) is 69.1 Å². The molecule has 1 aromatic carbocycles. The van der Waals surface area contributed by atoms with Gasteiger partial charge in [0.1, 0.15) is 5.56 Å². The predicted molar refractivity (Wildman–Crippen MR) is 72.7 cm³/mol. The Morgan fingerprint density at radius 1 is 1.21 bits per heavy atom. The van der Waals surface area contributed by atoms with Crippen LogP contribution in [0.15, 0.2) is 41.5 Å². The van der Waals surface area contributed by atoms with Gasteiger partial charge in [0.25, 0.3) is 0 Å². The summed E-state index contributed by atoms with van der Waals surface area (Å²) in [7, 11) is 0. The first-order valence-electron chi connectivity index (χ1n) is 5.97. The molecule has 0 unspecified atom stereocenters. The highest BCUT2D eigenvalue weighted by atomic mass is 16.4. The Bertz CT molecular complexity index is 666. The fourth-order valence-electron chi connectivity index (χ4n) is 2.07.